The maximum Gasteiger partial charge on any atom is 0.313 e. The molecule has 0 saturated carbocycles. The van der Waals surface area contributed by atoms with E-state index in [4.69, 9.17) is 4.74 Å². The summed E-state index contributed by atoms with van der Waals surface area (Å²) in [5, 5.41) is 7.41. The highest BCUT2D eigenvalue weighted by Gasteiger charge is 2.21. The first-order chi connectivity index (χ1) is 13.2. The van der Waals surface area contributed by atoms with E-state index in [1.807, 2.05) is 11.3 Å². The molecule has 0 radical (unpaired) electrons. The lowest BCUT2D eigenvalue weighted by Gasteiger charge is -2.31. The Bertz CT molecular complexity index is 738. The average Bonchev–Trinajstić information content (AvgIpc) is 3.24. The number of amides is 2. The Kier molecular flexibility index (Phi) is 6.84. The maximum atomic E-state index is 12.0. The summed E-state index contributed by atoms with van der Waals surface area (Å²) in [7, 11) is 1.58. The molecule has 3 rings (SSSR count). The quantitative estimate of drug-likeness (QED) is 0.748. The molecule has 1 aliphatic rings. The van der Waals surface area contributed by atoms with Gasteiger partial charge >= 0.3 is 11.8 Å². The van der Waals surface area contributed by atoms with E-state index in [9.17, 15) is 9.59 Å². The lowest BCUT2D eigenvalue weighted by atomic mass is 9.95. The number of carbonyl (C=O) groups is 2. The van der Waals surface area contributed by atoms with Crippen molar-refractivity contribution in [2.45, 2.75) is 18.8 Å². The fourth-order valence-corrected chi connectivity index (χ4v) is 4.13. The number of likely N-dealkylation sites (tertiary alicyclic amines) is 1. The molecule has 0 spiro atoms. The largest absolute Gasteiger partial charge is 0.497 e. The summed E-state index contributed by atoms with van der Waals surface area (Å²) in [4.78, 5) is 27.7. The minimum Gasteiger partial charge on any atom is -0.497 e. The van der Waals surface area contributed by atoms with Gasteiger partial charge in [0.25, 0.3) is 0 Å². The van der Waals surface area contributed by atoms with Crippen LogP contribution in [0.3, 0.4) is 0 Å². The van der Waals surface area contributed by atoms with Crippen LogP contribution in [0.5, 0.6) is 5.75 Å². The average molecular weight is 388 g/mol. The Morgan fingerprint density at radius 2 is 1.89 bits per heavy atom. The molecule has 1 aromatic heterocycles. The van der Waals surface area contributed by atoms with E-state index in [2.05, 4.69) is 33.0 Å². The first kappa shape index (κ1) is 19.4. The Morgan fingerprint density at radius 1 is 1.15 bits per heavy atom. The number of piperidine rings is 1. The van der Waals surface area contributed by atoms with Gasteiger partial charge in [-0.1, -0.05) is 6.07 Å². The van der Waals surface area contributed by atoms with Crippen molar-refractivity contribution in [2.24, 2.45) is 0 Å². The normalized spacial score (nSPS) is 15.3. The number of anilines is 1. The summed E-state index contributed by atoms with van der Waals surface area (Å²) < 4.78 is 5.06. The predicted octanol–water partition coefficient (Wildman–Crippen LogP) is 2.69. The Hall–Kier alpha value is -2.38. The van der Waals surface area contributed by atoms with Crippen LogP contribution in [-0.2, 0) is 9.59 Å². The molecule has 2 heterocycles. The lowest BCUT2D eigenvalue weighted by Crippen LogP contribution is -2.42. The van der Waals surface area contributed by atoms with E-state index in [-0.39, 0.29) is 0 Å². The van der Waals surface area contributed by atoms with Crippen LogP contribution in [0.15, 0.2) is 41.8 Å². The molecule has 0 aliphatic carbocycles. The van der Waals surface area contributed by atoms with Crippen molar-refractivity contribution >= 4 is 28.8 Å². The van der Waals surface area contributed by atoms with Gasteiger partial charge in [0.15, 0.2) is 0 Å². The number of benzene rings is 1. The molecular weight excluding hydrogens is 362 g/mol. The van der Waals surface area contributed by atoms with E-state index < -0.39 is 11.8 Å². The Balaban J connectivity index is 1.35. The SMILES string of the molecule is COc1ccc(NC(=O)C(=O)NCCN2CCC(c3cccs3)CC2)cc1. The lowest BCUT2D eigenvalue weighted by molar-refractivity contribution is -0.136. The highest BCUT2D eigenvalue weighted by atomic mass is 32.1. The number of methoxy groups -OCH3 is 1. The van der Waals surface area contributed by atoms with Crippen LogP contribution in [0.25, 0.3) is 0 Å². The van der Waals surface area contributed by atoms with E-state index in [0.717, 1.165) is 32.5 Å². The molecular formula is C20H25N3O3S. The van der Waals surface area contributed by atoms with Crippen LogP contribution in [0, 0.1) is 0 Å². The third-order valence-corrected chi connectivity index (χ3v) is 5.84. The van der Waals surface area contributed by atoms with Crippen LogP contribution >= 0.6 is 11.3 Å². The zero-order chi connectivity index (χ0) is 19.1. The first-order valence-corrected chi connectivity index (χ1v) is 10.0. The minimum absolute atomic E-state index is 0.471. The van der Waals surface area contributed by atoms with Crippen LogP contribution in [0.1, 0.15) is 23.6 Å². The molecule has 6 nitrogen and oxygen atoms in total. The van der Waals surface area contributed by atoms with Gasteiger partial charge in [-0.05, 0) is 67.6 Å². The van der Waals surface area contributed by atoms with Crippen molar-refractivity contribution in [1.29, 1.82) is 0 Å². The second kappa shape index (κ2) is 9.53. The Labute approximate surface area is 163 Å². The van der Waals surface area contributed by atoms with Crippen molar-refractivity contribution in [3.05, 3.63) is 46.7 Å². The van der Waals surface area contributed by atoms with E-state index in [1.54, 1.807) is 31.4 Å². The summed E-state index contributed by atoms with van der Waals surface area (Å²) in [6.45, 7) is 3.28. The van der Waals surface area contributed by atoms with E-state index in [1.165, 1.54) is 4.88 Å². The summed E-state index contributed by atoms with van der Waals surface area (Å²) >= 11 is 1.83. The van der Waals surface area contributed by atoms with Crippen molar-refractivity contribution in [3.8, 4) is 5.75 Å². The second-order valence-electron chi connectivity index (χ2n) is 6.57. The summed E-state index contributed by atoms with van der Waals surface area (Å²) in [5.41, 5.74) is 0.562. The molecule has 0 unspecified atom stereocenters. The van der Waals surface area contributed by atoms with Gasteiger partial charge in [0.1, 0.15) is 5.75 Å². The minimum atomic E-state index is -0.656. The summed E-state index contributed by atoms with van der Waals surface area (Å²) in [6.07, 6.45) is 2.29. The van der Waals surface area contributed by atoms with Gasteiger partial charge in [-0.2, -0.15) is 0 Å². The van der Waals surface area contributed by atoms with Crippen molar-refractivity contribution in [1.82, 2.24) is 10.2 Å². The van der Waals surface area contributed by atoms with Gasteiger partial charge in [-0.15, -0.1) is 11.3 Å². The van der Waals surface area contributed by atoms with Gasteiger partial charge in [-0.3, -0.25) is 9.59 Å². The highest BCUT2D eigenvalue weighted by Crippen LogP contribution is 2.30. The zero-order valence-corrected chi connectivity index (χ0v) is 16.3. The monoisotopic (exact) mass is 387 g/mol. The number of rotatable bonds is 6. The molecule has 27 heavy (non-hydrogen) atoms. The number of ether oxygens (including phenoxy) is 1. The fourth-order valence-electron chi connectivity index (χ4n) is 3.23. The van der Waals surface area contributed by atoms with Gasteiger partial charge in [-0.25, -0.2) is 0 Å². The maximum absolute atomic E-state index is 12.0. The highest BCUT2D eigenvalue weighted by molar-refractivity contribution is 7.10. The van der Waals surface area contributed by atoms with E-state index in [0.29, 0.717) is 23.9 Å². The number of carbonyl (C=O) groups excluding carboxylic acids is 2. The number of nitrogens with one attached hydrogen (secondary N) is 2. The number of hydrogen-bond acceptors (Lipinski definition) is 5. The first-order valence-electron chi connectivity index (χ1n) is 9.14. The number of thiophene rings is 1. The van der Waals surface area contributed by atoms with Gasteiger partial charge in [0, 0.05) is 23.7 Å². The molecule has 2 amide bonds. The van der Waals surface area contributed by atoms with Crippen LogP contribution in [-0.4, -0.2) is 50.0 Å². The summed E-state index contributed by atoms with van der Waals surface area (Å²) in [6, 6.07) is 11.2. The molecule has 1 aromatic carbocycles. The molecule has 1 saturated heterocycles. The van der Waals surface area contributed by atoms with Gasteiger partial charge in [0.05, 0.1) is 7.11 Å². The molecule has 1 aliphatic heterocycles. The molecule has 7 heteroatoms. The van der Waals surface area contributed by atoms with Crippen molar-refractivity contribution < 1.29 is 14.3 Å². The molecule has 0 atom stereocenters. The van der Waals surface area contributed by atoms with Crippen LogP contribution < -0.4 is 15.4 Å². The topological polar surface area (TPSA) is 70.7 Å². The fraction of sp³-hybridized carbons (Fsp3) is 0.400. The van der Waals surface area contributed by atoms with Gasteiger partial charge in [0.2, 0.25) is 0 Å². The molecule has 2 N–H and O–H groups in total. The van der Waals surface area contributed by atoms with Gasteiger partial charge < -0.3 is 20.3 Å². The van der Waals surface area contributed by atoms with E-state index >= 15 is 0 Å². The zero-order valence-electron chi connectivity index (χ0n) is 15.4. The predicted molar refractivity (Wildman–Crippen MR) is 107 cm³/mol. The molecule has 144 valence electrons. The molecule has 2 aromatic rings. The van der Waals surface area contributed by atoms with Crippen LogP contribution in [0.4, 0.5) is 5.69 Å². The van der Waals surface area contributed by atoms with Crippen molar-refractivity contribution in [3.63, 3.8) is 0 Å². The summed E-state index contributed by atoms with van der Waals surface area (Å²) in [5.74, 6) is 0.0854. The number of nitrogens with zero attached hydrogens (tertiary/aromatic N) is 1. The third kappa shape index (κ3) is 5.55. The van der Waals surface area contributed by atoms with Crippen molar-refractivity contribution in [2.75, 3.05) is 38.6 Å². The Morgan fingerprint density at radius 3 is 2.52 bits per heavy atom. The van der Waals surface area contributed by atoms with Crippen LogP contribution in [0.2, 0.25) is 0 Å². The molecule has 1 fully saturated rings. The molecule has 0 bridgehead atoms. The standard InChI is InChI=1S/C20H25N3O3S/c1-26-17-6-4-16(5-7-17)22-20(25)19(24)21-10-13-23-11-8-15(9-12-23)18-3-2-14-27-18/h2-7,14-15H,8-13H2,1H3,(H,21,24)(H,22,25). The smallest absolute Gasteiger partial charge is 0.313 e. The third-order valence-electron chi connectivity index (χ3n) is 4.80. The number of hydrogen-bond donors (Lipinski definition) is 2. The second-order valence-corrected chi connectivity index (χ2v) is 7.55.